The van der Waals surface area contributed by atoms with Gasteiger partial charge in [0.05, 0.1) is 13.7 Å². The van der Waals surface area contributed by atoms with Crippen molar-refractivity contribution >= 4 is 17.7 Å². The van der Waals surface area contributed by atoms with E-state index in [1.54, 1.807) is 13.2 Å². The molecule has 0 aliphatic heterocycles. The summed E-state index contributed by atoms with van der Waals surface area (Å²) in [5.41, 5.74) is 1.59. The molecule has 1 amide bonds. The maximum Gasteiger partial charge on any atom is 0.248 e. The molecule has 0 atom stereocenters. The van der Waals surface area contributed by atoms with Crippen molar-refractivity contribution in [3.05, 3.63) is 60.2 Å². The minimum atomic E-state index is -0.191. The van der Waals surface area contributed by atoms with E-state index in [1.807, 2.05) is 48.5 Å². The summed E-state index contributed by atoms with van der Waals surface area (Å²) >= 11 is 0. The number of carbonyl (C=O) groups excluding carboxylic acids is 1. The molecule has 26 heavy (non-hydrogen) atoms. The quantitative estimate of drug-likeness (QED) is 0.465. The molecule has 4 heteroatoms. The van der Waals surface area contributed by atoms with Crippen molar-refractivity contribution in [2.75, 3.05) is 19.0 Å². The Balaban J connectivity index is 1.82. The fourth-order valence-electron chi connectivity index (χ4n) is 2.51. The molecule has 0 saturated heterocycles. The third-order valence-corrected chi connectivity index (χ3v) is 3.94. The average molecular weight is 353 g/mol. The molecular formula is C22H27NO3. The summed E-state index contributed by atoms with van der Waals surface area (Å²) < 4.78 is 11.0. The first-order valence-electron chi connectivity index (χ1n) is 9.08. The third kappa shape index (κ3) is 6.63. The standard InChI is InChI=1S/C22H27NO3/c1-3-4-5-8-17-26-20-14-12-19(13-15-20)23-22(24)16-11-18-9-6-7-10-21(18)25-2/h6-7,9-16H,3-5,8,17H2,1-2H3,(H,23,24)/b16-11+. The van der Waals surface area contributed by atoms with Crippen LogP contribution in [0, 0.1) is 0 Å². The SMILES string of the molecule is CCCCCCOc1ccc(NC(=O)/C=C/c2ccccc2OC)cc1. The van der Waals surface area contributed by atoms with Crippen LogP contribution in [0.2, 0.25) is 0 Å². The molecule has 0 aromatic heterocycles. The van der Waals surface area contributed by atoms with Crippen LogP contribution in [-0.4, -0.2) is 19.6 Å². The van der Waals surface area contributed by atoms with E-state index in [9.17, 15) is 4.79 Å². The van der Waals surface area contributed by atoms with Crippen LogP contribution < -0.4 is 14.8 Å². The van der Waals surface area contributed by atoms with Gasteiger partial charge in [0.25, 0.3) is 0 Å². The van der Waals surface area contributed by atoms with Gasteiger partial charge in [-0.1, -0.05) is 44.4 Å². The average Bonchev–Trinajstić information content (AvgIpc) is 2.67. The van der Waals surface area contributed by atoms with Crippen LogP contribution in [0.25, 0.3) is 6.08 Å². The van der Waals surface area contributed by atoms with Crippen molar-refractivity contribution in [3.8, 4) is 11.5 Å². The van der Waals surface area contributed by atoms with Gasteiger partial charge in [0, 0.05) is 17.3 Å². The Morgan fingerprint density at radius 1 is 1.04 bits per heavy atom. The number of amides is 1. The third-order valence-electron chi connectivity index (χ3n) is 3.94. The number of ether oxygens (including phenoxy) is 2. The second-order valence-corrected chi connectivity index (χ2v) is 6.00. The molecule has 0 fully saturated rings. The second kappa shape index (κ2) is 11.0. The molecule has 0 saturated carbocycles. The number of para-hydroxylation sites is 1. The second-order valence-electron chi connectivity index (χ2n) is 6.00. The van der Waals surface area contributed by atoms with Crippen LogP contribution in [0.4, 0.5) is 5.69 Å². The van der Waals surface area contributed by atoms with Gasteiger partial charge in [0.2, 0.25) is 5.91 Å². The van der Waals surface area contributed by atoms with E-state index in [-0.39, 0.29) is 5.91 Å². The highest BCUT2D eigenvalue weighted by Gasteiger charge is 2.01. The van der Waals surface area contributed by atoms with Crippen LogP contribution in [0.3, 0.4) is 0 Å². The van der Waals surface area contributed by atoms with Gasteiger partial charge in [0.15, 0.2) is 0 Å². The zero-order valence-electron chi connectivity index (χ0n) is 15.5. The van der Waals surface area contributed by atoms with Gasteiger partial charge in [-0.25, -0.2) is 0 Å². The zero-order valence-corrected chi connectivity index (χ0v) is 15.5. The summed E-state index contributed by atoms with van der Waals surface area (Å²) in [6.45, 7) is 2.92. The zero-order chi connectivity index (χ0) is 18.6. The molecular weight excluding hydrogens is 326 g/mol. The monoisotopic (exact) mass is 353 g/mol. The Hall–Kier alpha value is -2.75. The molecule has 0 aliphatic rings. The largest absolute Gasteiger partial charge is 0.496 e. The minimum Gasteiger partial charge on any atom is -0.496 e. The van der Waals surface area contributed by atoms with E-state index < -0.39 is 0 Å². The lowest BCUT2D eigenvalue weighted by atomic mass is 10.2. The molecule has 0 bridgehead atoms. The van der Waals surface area contributed by atoms with Crippen molar-refractivity contribution in [2.24, 2.45) is 0 Å². The molecule has 4 nitrogen and oxygen atoms in total. The highest BCUT2D eigenvalue weighted by Crippen LogP contribution is 2.19. The maximum absolute atomic E-state index is 12.1. The van der Waals surface area contributed by atoms with Crippen LogP contribution in [-0.2, 0) is 4.79 Å². The molecule has 2 rings (SSSR count). The predicted molar refractivity (Wildman–Crippen MR) is 107 cm³/mol. The van der Waals surface area contributed by atoms with Gasteiger partial charge >= 0.3 is 0 Å². The lowest BCUT2D eigenvalue weighted by Gasteiger charge is -2.07. The van der Waals surface area contributed by atoms with E-state index in [4.69, 9.17) is 9.47 Å². The molecule has 0 heterocycles. The van der Waals surface area contributed by atoms with Gasteiger partial charge < -0.3 is 14.8 Å². The molecule has 138 valence electrons. The van der Waals surface area contributed by atoms with Crippen LogP contribution >= 0.6 is 0 Å². The van der Waals surface area contributed by atoms with Gasteiger partial charge in [-0.15, -0.1) is 0 Å². The molecule has 2 aromatic rings. The van der Waals surface area contributed by atoms with Crippen LogP contribution in [0.5, 0.6) is 11.5 Å². The summed E-state index contributed by atoms with van der Waals surface area (Å²) in [5.74, 6) is 1.37. The smallest absolute Gasteiger partial charge is 0.248 e. The van der Waals surface area contributed by atoms with Gasteiger partial charge in [-0.3, -0.25) is 4.79 Å². The lowest BCUT2D eigenvalue weighted by molar-refractivity contribution is -0.111. The minimum absolute atomic E-state index is 0.191. The predicted octanol–water partition coefficient (Wildman–Crippen LogP) is 5.31. The molecule has 0 radical (unpaired) electrons. The summed E-state index contributed by atoms with van der Waals surface area (Å²) in [4.78, 5) is 12.1. The van der Waals surface area contributed by atoms with Crippen LogP contribution in [0.15, 0.2) is 54.6 Å². The fraction of sp³-hybridized carbons (Fsp3) is 0.318. The molecule has 0 spiro atoms. The highest BCUT2D eigenvalue weighted by atomic mass is 16.5. The number of hydrogen-bond acceptors (Lipinski definition) is 3. The summed E-state index contributed by atoms with van der Waals surface area (Å²) in [6, 6.07) is 15.0. The Kier molecular flexibility index (Phi) is 8.27. The number of unbranched alkanes of at least 4 members (excludes halogenated alkanes) is 3. The van der Waals surface area contributed by atoms with E-state index in [1.165, 1.54) is 25.3 Å². The van der Waals surface area contributed by atoms with E-state index in [0.717, 1.165) is 35.8 Å². The number of nitrogens with one attached hydrogen (secondary N) is 1. The topological polar surface area (TPSA) is 47.6 Å². The molecule has 0 aliphatic carbocycles. The molecule has 0 unspecified atom stereocenters. The van der Waals surface area contributed by atoms with Gasteiger partial charge in [-0.2, -0.15) is 0 Å². The van der Waals surface area contributed by atoms with E-state index in [0.29, 0.717) is 0 Å². The lowest BCUT2D eigenvalue weighted by Crippen LogP contribution is -2.07. The van der Waals surface area contributed by atoms with Crippen molar-refractivity contribution in [1.29, 1.82) is 0 Å². The number of carbonyl (C=O) groups is 1. The highest BCUT2D eigenvalue weighted by molar-refractivity contribution is 6.02. The first-order chi connectivity index (χ1) is 12.7. The molecule has 1 N–H and O–H groups in total. The Bertz CT molecular complexity index is 708. The van der Waals surface area contributed by atoms with Crippen molar-refractivity contribution < 1.29 is 14.3 Å². The Morgan fingerprint density at radius 2 is 1.81 bits per heavy atom. The Morgan fingerprint density at radius 3 is 2.54 bits per heavy atom. The van der Waals surface area contributed by atoms with Crippen LogP contribution in [0.1, 0.15) is 38.2 Å². The van der Waals surface area contributed by atoms with Crippen molar-refractivity contribution in [3.63, 3.8) is 0 Å². The van der Waals surface area contributed by atoms with Crippen molar-refractivity contribution in [1.82, 2.24) is 0 Å². The maximum atomic E-state index is 12.1. The number of anilines is 1. The normalized spacial score (nSPS) is 10.7. The number of rotatable bonds is 10. The first kappa shape index (κ1) is 19.6. The van der Waals surface area contributed by atoms with E-state index in [2.05, 4.69) is 12.2 Å². The van der Waals surface area contributed by atoms with Gasteiger partial charge in [0.1, 0.15) is 11.5 Å². The molecule has 2 aromatic carbocycles. The number of methoxy groups -OCH3 is 1. The Labute approximate surface area is 155 Å². The number of benzene rings is 2. The summed E-state index contributed by atoms with van der Waals surface area (Å²) in [5, 5.41) is 2.84. The first-order valence-corrected chi connectivity index (χ1v) is 9.08. The van der Waals surface area contributed by atoms with Gasteiger partial charge in [-0.05, 0) is 42.8 Å². The van der Waals surface area contributed by atoms with E-state index >= 15 is 0 Å². The summed E-state index contributed by atoms with van der Waals surface area (Å²) in [6.07, 6.45) is 7.97. The fourth-order valence-corrected chi connectivity index (χ4v) is 2.51. The number of hydrogen-bond donors (Lipinski definition) is 1. The van der Waals surface area contributed by atoms with Crippen molar-refractivity contribution in [2.45, 2.75) is 32.6 Å². The summed E-state index contributed by atoms with van der Waals surface area (Å²) in [7, 11) is 1.61.